The van der Waals surface area contributed by atoms with Crippen LogP contribution in [-0.2, 0) is 4.79 Å². The van der Waals surface area contributed by atoms with Crippen molar-refractivity contribution in [3.05, 3.63) is 59.9 Å². The van der Waals surface area contributed by atoms with Gasteiger partial charge in [-0.3, -0.25) is 4.79 Å². The highest BCUT2D eigenvalue weighted by atomic mass is 32.2. The first-order valence-electron chi connectivity index (χ1n) is 9.14. The number of benzene rings is 2. The highest BCUT2D eigenvalue weighted by Gasteiger charge is 2.18. The number of carbonyl (C=O) groups excluding carboxylic acids is 1. The minimum Gasteiger partial charge on any atom is -0.370 e. The first-order valence-corrected chi connectivity index (χ1v) is 10.1. The van der Waals surface area contributed by atoms with Crippen LogP contribution in [0.5, 0.6) is 0 Å². The SMILES string of the molecule is CCNc1nc(SCC(=O)N(C)[C@@H](C)c2ccc(F)cc2)nc2ccccc12. The van der Waals surface area contributed by atoms with Crippen LogP contribution in [0, 0.1) is 5.82 Å². The van der Waals surface area contributed by atoms with Gasteiger partial charge in [0, 0.05) is 19.0 Å². The molecule has 0 unspecified atom stereocenters. The van der Waals surface area contributed by atoms with E-state index in [1.165, 1.54) is 23.9 Å². The van der Waals surface area contributed by atoms with Crippen LogP contribution in [0.15, 0.2) is 53.7 Å². The number of nitrogens with zero attached hydrogens (tertiary/aromatic N) is 3. The van der Waals surface area contributed by atoms with Crippen LogP contribution in [0.3, 0.4) is 0 Å². The van der Waals surface area contributed by atoms with E-state index in [9.17, 15) is 9.18 Å². The number of thioether (sulfide) groups is 1. The molecule has 0 bridgehead atoms. The van der Waals surface area contributed by atoms with Gasteiger partial charge in [-0.05, 0) is 43.7 Å². The Balaban J connectivity index is 1.70. The third kappa shape index (κ3) is 4.59. The van der Waals surface area contributed by atoms with Gasteiger partial charge in [0.1, 0.15) is 11.6 Å². The summed E-state index contributed by atoms with van der Waals surface area (Å²) in [6, 6.07) is 13.9. The van der Waals surface area contributed by atoms with Gasteiger partial charge in [-0.15, -0.1) is 0 Å². The molecule has 1 heterocycles. The minimum atomic E-state index is -0.287. The number of fused-ring (bicyclic) bond motifs is 1. The van der Waals surface area contributed by atoms with Gasteiger partial charge < -0.3 is 10.2 Å². The monoisotopic (exact) mass is 398 g/mol. The second-order valence-corrected chi connectivity index (χ2v) is 7.37. The zero-order valence-corrected chi connectivity index (χ0v) is 17.0. The van der Waals surface area contributed by atoms with Crippen molar-refractivity contribution in [1.82, 2.24) is 14.9 Å². The first-order chi connectivity index (χ1) is 13.5. The molecule has 1 N–H and O–H groups in total. The summed E-state index contributed by atoms with van der Waals surface area (Å²) in [4.78, 5) is 23.4. The zero-order chi connectivity index (χ0) is 20.1. The fourth-order valence-corrected chi connectivity index (χ4v) is 3.61. The molecule has 1 amide bonds. The zero-order valence-electron chi connectivity index (χ0n) is 16.1. The normalized spacial score (nSPS) is 12.0. The van der Waals surface area contributed by atoms with Crippen molar-refractivity contribution in [3.8, 4) is 0 Å². The lowest BCUT2D eigenvalue weighted by atomic mass is 10.1. The molecular weight excluding hydrogens is 375 g/mol. The molecule has 146 valence electrons. The third-order valence-corrected chi connectivity index (χ3v) is 5.41. The molecule has 5 nitrogen and oxygen atoms in total. The fraction of sp³-hybridized carbons (Fsp3) is 0.286. The highest BCUT2D eigenvalue weighted by molar-refractivity contribution is 7.99. The summed E-state index contributed by atoms with van der Waals surface area (Å²) < 4.78 is 13.1. The number of aromatic nitrogens is 2. The number of hydrogen-bond acceptors (Lipinski definition) is 5. The molecule has 0 spiro atoms. The first kappa shape index (κ1) is 20.1. The number of para-hydroxylation sites is 1. The van der Waals surface area contributed by atoms with Crippen LogP contribution >= 0.6 is 11.8 Å². The van der Waals surface area contributed by atoms with E-state index in [2.05, 4.69) is 15.3 Å². The molecule has 0 radical (unpaired) electrons. The number of nitrogens with one attached hydrogen (secondary N) is 1. The van der Waals surface area contributed by atoms with Gasteiger partial charge in [-0.1, -0.05) is 36.0 Å². The van der Waals surface area contributed by atoms with Gasteiger partial charge in [0.2, 0.25) is 5.91 Å². The molecule has 1 atom stereocenters. The Kier molecular flexibility index (Phi) is 6.46. The largest absolute Gasteiger partial charge is 0.370 e. The second-order valence-electron chi connectivity index (χ2n) is 6.42. The van der Waals surface area contributed by atoms with Gasteiger partial charge in [-0.2, -0.15) is 0 Å². The Morgan fingerprint density at radius 2 is 1.89 bits per heavy atom. The Labute approximate surface area is 168 Å². The quantitative estimate of drug-likeness (QED) is 0.469. The van der Waals surface area contributed by atoms with Crippen molar-refractivity contribution in [2.75, 3.05) is 24.7 Å². The Morgan fingerprint density at radius 1 is 1.18 bits per heavy atom. The number of hydrogen-bond donors (Lipinski definition) is 1. The average Bonchev–Trinajstić information content (AvgIpc) is 2.71. The molecular formula is C21H23FN4OS. The van der Waals surface area contributed by atoms with Crippen LogP contribution in [0.4, 0.5) is 10.2 Å². The van der Waals surface area contributed by atoms with Crippen molar-refractivity contribution < 1.29 is 9.18 Å². The topological polar surface area (TPSA) is 58.1 Å². The van der Waals surface area contributed by atoms with Crippen molar-refractivity contribution in [2.45, 2.75) is 25.0 Å². The van der Waals surface area contributed by atoms with Crippen molar-refractivity contribution in [1.29, 1.82) is 0 Å². The summed E-state index contributed by atoms with van der Waals surface area (Å²) in [6.45, 7) is 4.69. The molecule has 2 aromatic carbocycles. The molecule has 0 aliphatic rings. The molecule has 28 heavy (non-hydrogen) atoms. The van der Waals surface area contributed by atoms with Gasteiger partial charge in [0.05, 0.1) is 17.3 Å². The lowest BCUT2D eigenvalue weighted by Crippen LogP contribution is -2.31. The fourth-order valence-electron chi connectivity index (χ4n) is 2.83. The molecule has 7 heteroatoms. The van der Waals surface area contributed by atoms with Crippen LogP contribution < -0.4 is 5.32 Å². The Bertz CT molecular complexity index is 964. The van der Waals surface area contributed by atoms with E-state index in [4.69, 9.17) is 0 Å². The smallest absolute Gasteiger partial charge is 0.233 e. The van der Waals surface area contributed by atoms with E-state index >= 15 is 0 Å². The maximum Gasteiger partial charge on any atom is 0.233 e. The van der Waals surface area contributed by atoms with E-state index < -0.39 is 0 Å². The molecule has 0 fully saturated rings. The molecule has 0 saturated carbocycles. The van der Waals surface area contributed by atoms with Crippen molar-refractivity contribution in [2.24, 2.45) is 0 Å². The predicted molar refractivity (Wildman–Crippen MR) is 112 cm³/mol. The van der Waals surface area contributed by atoms with Gasteiger partial charge in [0.15, 0.2) is 5.16 Å². The second kappa shape index (κ2) is 9.01. The number of carbonyl (C=O) groups is 1. The summed E-state index contributed by atoms with van der Waals surface area (Å²) in [6.07, 6.45) is 0. The van der Waals surface area contributed by atoms with Crippen LogP contribution in [0.2, 0.25) is 0 Å². The molecule has 3 rings (SSSR count). The average molecular weight is 399 g/mol. The summed E-state index contributed by atoms with van der Waals surface area (Å²) in [5.74, 6) is 0.677. The standard InChI is InChI=1S/C21H23FN4OS/c1-4-23-20-17-7-5-6-8-18(17)24-21(25-20)28-13-19(27)26(3)14(2)15-9-11-16(22)12-10-15/h5-12,14H,4,13H2,1-3H3,(H,23,24,25)/t14-/m0/s1. The van der Waals surface area contributed by atoms with E-state index in [1.54, 1.807) is 24.1 Å². The molecule has 1 aromatic heterocycles. The lowest BCUT2D eigenvalue weighted by Gasteiger charge is -2.25. The third-order valence-electron chi connectivity index (χ3n) is 4.58. The van der Waals surface area contributed by atoms with E-state index in [0.29, 0.717) is 5.16 Å². The summed E-state index contributed by atoms with van der Waals surface area (Å²) in [5.41, 5.74) is 1.73. The van der Waals surface area contributed by atoms with Crippen LogP contribution in [0.1, 0.15) is 25.5 Å². The minimum absolute atomic E-state index is 0.0383. The number of anilines is 1. The van der Waals surface area contributed by atoms with Crippen molar-refractivity contribution in [3.63, 3.8) is 0 Å². The Morgan fingerprint density at radius 3 is 2.61 bits per heavy atom. The maximum absolute atomic E-state index is 13.1. The Hall–Kier alpha value is -2.67. The maximum atomic E-state index is 13.1. The van der Waals surface area contributed by atoms with Gasteiger partial charge in [-0.25, -0.2) is 14.4 Å². The number of amides is 1. The highest BCUT2D eigenvalue weighted by Crippen LogP contribution is 2.25. The summed E-state index contributed by atoms with van der Waals surface area (Å²) >= 11 is 1.31. The van der Waals surface area contributed by atoms with E-state index in [0.717, 1.165) is 28.8 Å². The predicted octanol–water partition coefficient (Wildman–Crippen LogP) is 4.51. The van der Waals surface area contributed by atoms with Gasteiger partial charge in [0.25, 0.3) is 0 Å². The molecule has 0 aliphatic carbocycles. The molecule has 0 aliphatic heterocycles. The summed E-state index contributed by atoms with van der Waals surface area (Å²) in [7, 11) is 1.75. The molecule has 0 saturated heterocycles. The van der Waals surface area contributed by atoms with Crippen LogP contribution in [0.25, 0.3) is 10.9 Å². The van der Waals surface area contributed by atoms with Crippen LogP contribution in [-0.4, -0.2) is 40.1 Å². The van der Waals surface area contributed by atoms with E-state index in [-0.39, 0.29) is 23.5 Å². The number of halogens is 1. The summed E-state index contributed by atoms with van der Waals surface area (Å²) in [5, 5.41) is 4.78. The molecule has 3 aromatic rings. The lowest BCUT2D eigenvalue weighted by molar-refractivity contribution is -0.128. The number of rotatable bonds is 7. The van der Waals surface area contributed by atoms with E-state index in [1.807, 2.05) is 38.1 Å². The van der Waals surface area contributed by atoms with Gasteiger partial charge >= 0.3 is 0 Å². The van der Waals surface area contributed by atoms with Crippen molar-refractivity contribution >= 4 is 34.4 Å².